The van der Waals surface area contributed by atoms with Crippen molar-refractivity contribution in [2.24, 2.45) is 11.8 Å². The molecule has 196 valence electrons. The van der Waals surface area contributed by atoms with E-state index in [9.17, 15) is 9.59 Å². The summed E-state index contributed by atoms with van der Waals surface area (Å²) in [5.74, 6) is 0.0709. The van der Waals surface area contributed by atoms with Gasteiger partial charge in [-0.25, -0.2) is 4.98 Å². The second-order valence-electron chi connectivity index (χ2n) is 10.1. The zero-order chi connectivity index (χ0) is 26.7. The number of hydrogen-bond donors (Lipinski definition) is 1. The first-order valence-corrected chi connectivity index (χ1v) is 13.8. The van der Waals surface area contributed by atoms with E-state index in [0.29, 0.717) is 6.54 Å². The van der Waals surface area contributed by atoms with Crippen molar-refractivity contribution in [2.75, 3.05) is 32.6 Å². The Kier molecular flexibility index (Phi) is 8.56. The van der Waals surface area contributed by atoms with Crippen LogP contribution in [0.15, 0.2) is 48.7 Å². The SMILES string of the molecule is COC(=O)C[C@H](C(=O)N1CCC[C@H]1c1ncc(-c2ccc(I)c(-c3ccc(N(C)C)cc3)c2)[nH]1)C(C)C. The topological polar surface area (TPSA) is 78.5 Å². The predicted molar refractivity (Wildman–Crippen MR) is 155 cm³/mol. The molecule has 37 heavy (non-hydrogen) atoms. The van der Waals surface area contributed by atoms with E-state index in [1.54, 1.807) is 0 Å². The lowest BCUT2D eigenvalue weighted by Crippen LogP contribution is -2.39. The molecule has 1 aliphatic heterocycles. The predicted octanol–water partition coefficient (Wildman–Crippen LogP) is 5.91. The average Bonchev–Trinajstić information content (AvgIpc) is 3.57. The Bertz CT molecular complexity index is 1250. The zero-order valence-corrected chi connectivity index (χ0v) is 24.3. The largest absolute Gasteiger partial charge is 0.469 e. The van der Waals surface area contributed by atoms with Gasteiger partial charge in [0, 0.05) is 35.5 Å². The number of nitrogens with zero attached hydrogens (tertiary/aromatic N) is 3. The third-order valence-electron chi connectivity index (χ3n) is 7.16. The van der Waals surface area contributed by atoms with Crippen molar-refractivity contribution < 1.29 is 14.3 Å². The van der Waals surface area contributed by atoms with E-state index in [4.69, 9.17) is 9.72 Å². The van der Waals surface area contributed by atoms with E-state index in [2.05, 4.69) is 74.9 Å². The van der Waals surface area contributed by atoms with Crippen molar-refractivity contribution in [2.45, 2.75) is 39.2 Å². The molecule has 8 heteroatoms. The summed E-state index contributed by atoms with van der Waals surface area (Å²) in [4.78, 5) is 37.6. The van der Waals surface area contributed by atoms with Crippen molar-refractivity contribution >= 4 is 40.2 Å². The number of imidazole rings is 1. The van der Waals surface area contributed by atoms with Crippen LogP contribution >= 0.6 is 22.6 Å². The lowest BCUT2D eigenvalue weighted by molar-refractivity contribution is -0.148. The van der Waals surface area contributed by atoms with Gasteiger partial charge in [-0.2, -0.15) is 0 Å². The Morgan fingerprint density at radius 1 is 1.16 bits per heavy atom. The van der Waals surface area contributed by atoms with Crippen LogP contribution in [0.4, 0.5) is 5.69 Å². The van der Waals surface area contributed by atoms with E-state index in [1.165, 1.54) is 16.2 Å². The Morgan fingerprint density at radius 3 is 2.51 bits per heavy atom. The first kappa shape index (κ1) is 27.2. The van der Waals surface area contributed by atoms with Crippen molar-refractivity contribution in [3.63, 3.8) is 0 Å². The number of aromatic amines is 1. The summed E-state index contributed by atoms with van der Waals surface area (Å²) in [6, 6.07) is 14.8. The van der Waals surface area contributed by atoms with Crippen LogP contribution in [0.3, 0.4) is 0 Å². The highest BCUT2D eigenvalue weighted by Crippen LogP contribution is 2.36. The number of H-pyrrole nitrogens is 1. The number of benzene rings is 2. The van der Waals surface area contributed by atoms with Gasteiger partial charge in [-0.05, 0) is 76.7 Å². The molecule has 0 saturated carbocycles. The summed E-state index contributed by atoms with van der Waals surface area (Å²) in [7, 11) is 5.44. The summed E-state index contributed by atoms with van der Waals surface area (Å²) < 4.78 is 6.02. The van der Waals surface area contributed by atoms with Crippen LogP contribution < -0.4 is 4.90 Å². The van der Waals surface area contributed by atoms with Crippen molar-refractivity contribution in [3.8, 4) is 22.4 Å². The highest BCUT2D eigenvalue weighted by Gasteiger charge is 2.37. The van der Waals surface area contributed by atoms with Gasteiger partial charge in [0.1, 0.15) is 5.82 Å². The number of anilines is 1. The Labute approximate surface area is 232 Å². The minimum atomic E-state index is -0.403. The van der Waals surface area contributed by atoms with Crippen molar-refractivity contribution in [3.05, 3.63) is 58.1 Å². The fourth-order valence-corrected chi connectivity index (χ4v) is 5.55. The van der Waals surface area contributed by atoms with E-state index in [1.807, 2.05) is 39.0 Å². The number of carbonyl (C=O) groups excluding carboxylic acids is 2. The summed E-state index contributed by atoms with van der Waals surface area (Å²) >= 11 is 2.38. The van der Waals surface area contributed by atoms with Gasteiger partial charge in [-0.15, -0.1) is 0 Å². The molecule has 1 amide bonds. The average molecular weight is 615 g/mol. The van der Waals surface area contributed by atoms with Gasteiger partial charge < -0.3 is 19.5 Å². The Morgan fingerprint density at radius 2 is 1.86 bits per heavy atom. The number of aromatic nitrogens is 2. The third kappa shape index (κ3) is 6.00. The zero-order valence-electron chi connectivity index (χ0n) is 22.1. The van der Waals surface area contributed by atoms with Gasteiger partial charge in [0.15, 0.2) is 0 Å². The molecule has 2 heterocycles. The van der Waals surface area contributed by atoms with Gasteiger partial charge in [-0.3, -0.25) is 9.59 Å². The summed E-state index contributed by atoms with van der Waals surface area (Å²) in [6.07, 6.45) is 3.70. The number of methoxy groups -OCH3 is 1. The number of likely N-dealkylation sites (tertiary alicyclic amines) is 1. The molecule has 1 saturated heterocycles. The van der Waals surface area contributed by atoms with Crippen LogP contribution in [-0.2, 0) is 14.3 Å². The number of amides is 1. The van der Waals surface area contributed by atoms with Crippen LogP contribution in [0.2, 0.25) is 0 Å². The number of hydrogen-bond acceptors (Lipinski definition) is 5. The smallest absolute Gasteiger partial charge is 0.306 e. The first-order chi connectivity index (χ1) is 17.7. The molecule has 1 aromatic heterocycles. The van der Waals surface area contributed by atoms with Gasteiger partial charge in [-0.1, -0.05) is 32.0 Å². The number of nitrogens with one attached hydrogen (secondary N) is 1. The molecule has 0 bridgehead atoms. The molecule has 2 atom stereocenters. The van der Waals surface area contributed by atoms with Gasteiger partial charge in [0.2, 0.25) is 5.91 Å². The maximum absolute atomic E-state index is 13.5. The lowest BCUT2D eigenvalue weighted by atomic mass is 9.91. The van der Waals surface area contributed by atoms with Gasteiger partial charge in [0.25, 0.3) is 0 Å². The van der Waals surface area contributed by atoms with Crippen LogP contribution in [0, 0.1) is 15.4 Å². The second kappa shape index (κ2) is 11.7. The molecule has 1 fully saturated rings. The van der Waals surface area contributed by atoms with E-state index < -0.39 is 5.92 Å². The summed E-state index contributed by atoms with van der Waals surface area (Å²) in [6.45, 7) is 4.62. The molecule has 1 N–H and O–H groups in total. The van der Waals surface area contributed by atoms with E-state index in [0.717, 1.165) is 41.2 Å². The first-order valence-electron chi connectivity index (χ1n) is 12.7. The lowest BCUT2D eigenvalue weighted by Gasteiger charge is -2.29. The minimum absolute atomic E-state index is 0.00132. The maximum atomic E-state index is 13.5. The molecule has 0 aliphatic carbocycles. The van der Waals surface area contributed by atoms with Gasteiger partial charge >= 0.3 is 5.97 Å². The van der Waals surface area contributed by atoms with E-state index >= 15 is 0 Å². The van der Waals surface area contributed by atoms with Crippen molar-refractivity contribution in [1.82, 2.24) is 14.9 Å². The van der Waals surface area contributed by atoms with Gasteiger partial charge in [0.05, 0.1) is 37.4 Å². The molecule has 0 radical (unpaired) electrons. The number of rotatable bonds is 8. The highest BCUT2D eigenvalue weighted by molar-refractivity contribution is 14.1. The fraction of sp³-hybridized carbons (Fsp3) is 0.414. The van der Waals surface area contributed by atoms with Crippen LogP contribution in [-0.4, -0.2) is 54.5 Å². The molecule has 0 unspecified atom stereocenters. The standard InChI is InChI=1S/C29H35IN4O3/c1-18(2)22(16-27(35)37-5)29(36)34-14-6-7-26(34)28-31-17-25(32-28)20-10-13-24(30)23(15-20)19-8-11-21(12-9-19)33(3)4/h8-13,15,17-18,22,26H,6-7,14,16H2,1-5H3,(H,31,32)/t22-,26-/m0/s1. The summed E-state index contributed by atoms with van der Waals surface area (Å²) in [5, 5.41) is 0. The second-order valence-corrected chi connectivity index (χ2v) is 11.3. The van der Waals surface area contributed by atoms with Crippen LogP contribution in [0.1, 0.15) is 45.0 Å². The number of esters is 1. The quantitative estimate of drug-likeness (QED) is 0.252. The normalized spacial score (nSPS) is 16.2. The molecular formula is C29H35IN4O3. The van der Waals surface area contributed by atoms with Crippen LogP contribution in [0.25, 0.3) is 22.4 Å². The highest BCUT2D eigenvalue weighted by atomic mass is 127. The fourth-order valence-electron chi connectivity index (χ4n) is 4.90. The summed E-state index contributed by atoms with van der Waals surface area (Å²) in [5.41, 5.74) is 5.46. The Hall–Kier alpha value is -2.88. The minimum Gasteiger partial charge on any atom is -0.469 e. The molecule has 3 aromatic rings. The number of carbonyl (C=O) groups is 2. The van der Waals surface area contributed by atoms with E-state index in [-0.39, 0.29) is 30.3 Å². The van der Waals surface area contributed by atoms with Crippen LogP contribution in [0.5, 0.6) is 0 Å². The molecule has 7 nitrogen and oxygen atoms in total. The molecule has 0 spiro atoms. The Balaban J connectivity index is 1.57. The van der Waals surface area contributed by atoms with Crippen molar-refractivity contribution in [1.29, 1.82) is 0 Å². The number of ether oxygens (including phenoxy) is 1. The molecule has 4 rings (SSSR count). The molecular weight excluding hydrogens is 579 g/mol. The molecule has 1 aliphatic rings. The molecule has 2 aromatic carbocycles. The number of halogens is 1. The monoisotopic (exact) mass is 614 g/mol. The third-order valence-corrected chi connectivity index (χ3v) is 8.10. The maximum Gasteiger partial charge on any atom is 0.306 e.